The van der Waals surface area contributed by atoms with Gasteiger partial charge in [-0.15, -0.1) is 0 Å². The van der Waals surface area contributed by atoms with Crippen LogP contribution in [-0.4, -0.2) is 57.9 Å². The molecule has 0 bridgehead atoms. The first-order chi connectivity index (χ1) is 8.52. The lowest BCUT2D eigenvalue weighted by Crippen LogP contribution is -2.52. The van der Waals surface area contributed by atoms with Crippen LogP contribution in [0.25, 0.3) is 0 Å². The average molecular weight is 253 g/mol. The summed E-state index contributed by atoms with van der Waals surface area (Å²) < 4.78 is 5.10. The molecule has 0 aliphatic carbocycles. The second kappa shape index (κ2) is 4.77. The Balaban J connectivity index is 2.29. The lowest BCUT2D eigenvalue weighted by molar-refractivity contribution is -0.147. The molecule has 1 unspecified atom stereocenters. The molecule has 1 aliphatic heterocycles. The number of carboxylic acid groups (broad SMARTS) is 1. The number of amides is 1. The van der Waals surface area contributed by atoms with Gasteiger partial charge in [-0.3, -0.25) is 9.89 Å². The first-order valence-electron chi connectivity index (χ1n) is 5.65. The maximum Gasteiger partial charge on any atom is 0.328 e. The van der Waals surface area contributed by atoms with Crippen molar-refractivity contribution in [3.8, 4) is 0 Å². The predicted octanol–water partition coefficient (Wildman–Crippen LogP) is -0.0479. The predicted molar refractivity (Wildman–Crippen MR) is 61.3 cm³/mol. The summed E-state index contributed by atoms with van der Waals surface area (Å²) >= 11 is 0. The molecule has 2 N–H and O–H groups in total. The van der Waals surface area contributed by atoms with Gasteiger partial charge in [0.1, 0.15) is 0 Å². The quantitative estimate of drug-likeness (QED) is 0.770. The van der Waals surface area contributed by atoms with E-state index in [1.54, 1.807) is 13.8 Å². The normalized spacial score (nSPS) is 19.9. The number of carbonyl (C=O) groups is 2. The topological polar surface area (TPSA) is 95.5 Å². The number of ether oxygens (including phenoxy) is 1. The van der Waals surface area contributed by atoms with Gasteiger partial charge in [0.25, 0.3) is 5.91 Å². The average Bonchev–Trinajstić information content (AvgIpc) is 2.68. The van der Waals surface area contributed by atoms with Crippen LogP contribution >= 0.6 is 0 Å². The second-order valence-corrected chi connectivity index (χ2v) is 4.24. The molecule has 18 heavy (non-hydrogen) atoms. The van der Waals surface area contributed by atoms with E-state index in [0.717, 1.165) is 0 Å². The van der Waals surface area contributed by atoms with E-state index >= 15 is 0 Å². The molecular formula is C11H15N3O4. The van der Waals surface area contributed by atoms with E-state index in [4.69, 9.17) is 9.84 Å². The van der Waals surface area contributed by atoms with E-state index in [2.05, 4.69) is 10.2 Å². The number of H-pyrrole nitrogens is 1. The van der Waals surface area contributed by atoms with Gasteiger partial charge < -0.3 is 14.7 Å². The molecule has 0 spiro atoms. The van der Waals surface area contributed by atoms with Crippen molar-refractivity contribution in [2.75, 3.05) is 19.8 Å². The molecule has 7 nitrogen and oxygen atoms in total. The highest BCUT2D eigenvalue weighted by Crippen LogP contribution is 2.17. The van der Waals surface area contributed by atoms with Crippen molar-refractivity contribution in [1.29, 1.82) is 0 Å². The Morgan fingerprint density at radius 2 is 2.22 bits per heavy atom. The summed E-state index contributed by atoms with van der Waals surface area (Å²) in [6, 6.07) is -0.931. The van der Waals surface area contributed by atoms with Crippen molar-refractivity contribution in [1.82, 2.24) is 15.1 Å². The third-order valence-electron chi connectivity index (χ3n) is 3.02. The molecule has 1 atom stereocenters. The summed E-state index contributed by atoms with van der Waals surface area (Å²) in [5.74, 6) is -1.36. The minimum absolute atomic E-state index is 0.0248. The smallest absolute Gasteiger partial charge is 0.328 e. The third kappa shape index (κ3) is 2.08. The number of aliphatic carboxylic acids is 1. The van der Waals surface area contributed by atoms with E-state index in [0.29, 0.717) is 23.6 Å². The van der Waals surface area contributed by atoms with E-state index in [1.165, 1.54) is 4.90 Å². The number of morpholine rings is 1. The van der Waals surface area contributed by atoms with Gasteiger partial charge in [-0.25, -0.2) is 4.79 Å². The molecule has 1 amide bonds. The Morgan fingerprint density at radius 3 is 2.78 bits per heavy atom. The van der Waals surface area contributed by atoms with Crippen LogP contribution in [0, 0.1) is 13.8 Å². The largest absolute Gasteiger partial charge is 0.480 e. The van der Waals surface area contributed by atoms with Crippen molar-refractivity contribution in [3.63, 3.8) is 0 Å². The SMILES string of the molecule is Cc1n[nH]c(C)c1C(=O)N1CCOCC1C(=O)O. The minimum Gasteiger partial charge on any atom is -0.480 e. The minimum atomic E-state index is -1.05. The molecule has 0 radical (unpaired) electrons. The first-order valence-corrected chi connectivity index (χ1v) is 5.65. The van der Waals surface area contributed by atoms with Crippen LogP contribution < -0.4 is 0 Å². The zero-order valence-electron chi connectivity index (χ0n) is 10.3. The number of aromatic nitrogens is 2. The lowest BCUT2D eigenvalue weighted by Gasteiger charge is -2.32. The van der Waals surface area contributed by atoms with Crippen molar-refractivity contribution < 1.29 is 19.4 Å². The summed E-state index contributed by atoms with van der Waals surface area (Å²) in [7, 11) is 0. The van der Waals surface area contributed by atoms with Gasteiger partial charge in [0.05, 0.1) is 24.5 Å². The maximum atomic E-state index is 12.4. The Hall–Kier alpha value is -1.89. The van der Waals surface area contributed by atoms with Crippen LogP contribution in [0.4, 0.5) is 0 Å². The zero-order valence-corrected chi connectivity index (χ0v) is 10.3. The summed E-state index contributed by atoms with van der Waals surface area (Å²) in [4.78, 5) is 24.8. The molecule has 2 rings (SSSR count). The van der Waals surface area contributed by atoms with Crippen molar-refractivity contribution >= 4 is 11.9 Å². The van der Waals surface area contributed by atoms with Crippen LogP contribution in [0.2, 0.25) is 0 Å². The number of hydrogen-bond donors (Lipinski definition) is 2. The fraction of sp³-hybridized carbons (Fsp3) is 0.545. The van der Waals surface area contributed by atoms with Crippen LogP contribution in [-0.2, 0) is 9.53 Å². The van der Waals surface area contributed by atoms with Crippen LogP contribution in [0.3, 0.4) is 0 Å². The summed E-state index contributed by atoms with van der Waals surface area (Å²) in [6.07, 6.45) is 0. The Kier molecular flexibility index (Phi) is 3.33. The number of aryl methyl sites for hydroxylation is 2. The van der Waals surface area contributed by atoms with Gasteiger partial charge in [0.15, 0.2) is 6.04 Å². The molecule has 7 heteroatoms. The maximum absolute atomic E-state index is 12.4. The number of nitrogens with one attached hydrogen (secondary N) is 1. The van der Waals surface area contributed by atoms with Crippen molar-refractivity contribution in [2.24, 2.45) is 0 Å². The second-order valence-electron chi connectivity index (χ2n) is 4.24. The van der Waals surface area contributed by atoms with Crippen LogP contribution in [0.1, 0.15) is 21.7 Å². The Labute approximate surface area is 104 Å². The van der Waals surface area contributed by atoms with E-state index < -0.39 is 12.0 Å². The molecule has 1 aromatic rings. The van der Waals surface area contributed by atoms with E-state index in [9.17, 15) is 9.59 Å². The fourth-order valence-electron chi connectivity index (χ4n) is 2.06. The summed E-state index contributed by atoms with van der Waals surface area (Å²) in [6.45, 7) is 4.11. The number of hydrogen-bond acceptors (Lipinski definition) is 4. The molecule has 2 heterocycles. The first kappa shape index (κ1) is 12.6. The number of carboxylic acids is 1. The van der Waals surface area contributed by atoms with Gasteiger partial charge in [0, 0.05) is 12.2 Å². The highest BCUT2D eigenvalue weighted by Gasteiger charge is 2.34. The van der Waals surface area contributed by atoms with E-state index in [-0.39, 0.29) is 19.1 Å². The van der Waals surface area contributed by atoms with E-state index in [1.807, 2.05) is 0 Å². The van der Waals surface area contributed by atoms with Crippen molar-refractivity contribution in [2.45, 2.75) is 19.9 Å². The summed E-state index contributed by atoms with van der Waals surface area (Å²) in [5, 5.41) is 15.8. The van der Waals surface area contributed by atoms with Gasteiger partial charge in [-0.1, -0.05) is 0 Å². The van der Waals surface area contributed by atoms with Gasteiger partial charge in [-0.2, -0.15) is 5.10 Å². The Bertz CT molecular complexity index is 463. The van der Waals surface area contributed by atoms with Crippen LogP contribution in [0.5, 0.6) is 0 Å². The molecule has 98 valence electrons. The molecule has 1 fully saturated rings. The molecule has 1 aromatic heterocycles. The molecular weight excluding hydrogens is 238 g/mol. The number of nitrogens with zero attached hydrogens (tertiary/aromatic N) is 2. The van der Waals surface area contributed by atoms with Gasteiger partial charge in [-0.05, 0) is 13.8 Å². The lowest BCUT2D eigenvalue weighted by atomic mass is 10.1. The number of carbonyl (C=O) groups excluding carboxylic acids is 1. The molecule has 0 saturated carbocycles. The number of rotatable bonds is 2. The standard InChI is InChI=1S/C11H15N3O4/c1-6-9(7(2)13-12-6)10(15)14-3-4-18-5-8(14)11(16)17/h8H,3-5H2,1-2H3,(H,12,13)(H,16,17). The van der Waals surface area contributed by atoms with Gasteiger partial charge >= 0.3 is 5.97 Å². The molecule has 1 aliphatic rings. The monoisotopic (exact) mass is 253 g/mol. The number of aromatic amines is 1. The van der Waals surface area contributed by atoms with Gasteiger partial charge in [0.2, 0.25) is 0 Å². The molecule has 1 saturated heterocycles. The highest BCUT2D eigenvalue weighted by atomic mass is 16.5. The summed E-state index contributed by atoms with van der Waals surface area (Å²) in [5.41, 5.74) is 1.67. The highest BCUT2D eigenvalue weighted by molar-refractivity contribution is 5.98. The third-order valence-corrected chi connectivity index (χ3v) is 3.02. The zero-order chi connectivity index (χ0) is 13.3. The fourth-order valence-corrected chi connectivity index (χ4v) is 2.06. The van der Waals surface area contributed by atoms with Crippen molar-refractivity contribution in [3.05, 3.63) is 17.0 Å². The molecule has 0 aromatic carbocycles. The Morgan fingerprint density at radius 1 is 1.50 bits per heavy atom. The van der Waals surface area contributed by atoms with Crippen LogP contribution in [0.15, 0.2) is 0 Å².